The minimum absolute atomic E-state index is 0.102. The van der Waals surface area contributed by atoms with Crippen molar-refractivity contribution in [2.45, 2.75) is 68.6 Å². The molecule has 2 nitrogen and oxygen atoms in total. The lowest BCUT2D eigenvalue weighted by Gasteiger charge is -2.33. The van der Waals surface area contributed by atoms with E-state index >= 15 is 0 Å². The van der Waals surface area contributed by atoms with Crippen LogP contribution in [0.1, 0.15) is 119 Å². The summed E-state index contributed by atoms with van der Waals surface area (Å²) in [6.07, 6.45) is 0. The molecule has 20 aromatic rings. The summed E-state index contributed by atoms with van der Waals surface area (Å²) >= 11 is 3.81. The summed E-state index contributed by atoms with van der Waals surface area (Å²) in [7, 11) is 0. The van der Waals surface area contributed by atoms with Crippen LogP contribution in [0.5, 0.6) is 0 Å². The molecule has 0 unspecified atom stereocenters. The van der Waals surface area contributed by atoms with Gasteiger partial charge in [-0.2, -0.15) is 0 Å². The summed E-state index contributed by atoms with van der Waals surface area (Å²) in [6.45, 7) is 14.2. The van der Waals surface area contributed by atoms with Crippen molar-refractivity contribution in [2.24, 2.45) is 0 Å². The van der Waals surface area contributed by atoms with Crippen molar-refractivity contribution < 1.29 is 0 Å². The average Bonchev–Trinajstić information content (AvgIpc) is 1.54. The predicted molar refractivity (Wildman–Crippen MR) is 521 cm³/mol. The lowest BCUT2D eigenvalue weighted by Crippen LogP contribution is -2.28. The van der Waals surface area contributed by atoms with Crippen LogP contribution in [0.15, 0.2) is 413 Å². The Morgan fingerprint density at radius 1 is 0.171 bits per heavy atom. The van der Waals surface area contributed by atoms with Crippen LogP contribution in [0.2, 0.25) is 0 Å². The number of benzene rings is 18. The van der Waals surface area contributed by atoms with Gasteiger partial charge in [-0.05, 0) is 230 Å². The third-order valence-corrected chi connectivity index (χ3v) is 30.6. The van der Waals surface area contributed by atoms with E-state index in [1.807, 2.05) is 22.7 Å². The summed E-state index contributed by atoms with van der Waals surface area (Å²) in [4.78, 5) is 4.95. The van der Waals surface area contributed by atoms with Gasteiger partial charge < -0.3 is 9.80 Å². The highest BCUT2D eigenvalue weighted by Gasteiger charge is 2.49. The second-order valence-corrected chi connectivity index (χ2v) is 37.9. The van der Waals surface area contributed by atoms with Gasteiger partial charge in [0.15, 0.2) is 0 Å². The molecule has 0 N–H and O–H groups in total. The molecular weight excluding hydrogens is 1520 g/mol. The molecule has 0 saturated heterocycles. The number of anilines is 6. The zero-order valence-electron chi connectivity index (χ0n) is 69.5. The normalized spacial score (nSPS) is 14.7. The first-order valence-electron chi connectivity index (χ1n) is 43.2. The molecule has 18 aromatic carbocycles. The molecule has 123 heavy (non-hydrogen) atoms. The molecule has 5 aliphatic carbocycles. The predicted octanol–water partition coefficient (Wildman–Crippen LogP) is 32.4. The molecule has 584 valence electrons. The van der Waals surface area contributed by atoms with Crippen molar-refractivity contribution >= 4 is 97.1 Å². The van der Waals surface area contributed by atoms with Crippen LogP contribution < -0.4 is 9.80 Å². The van der Waals surface area contributed by atoms with Crippen LogP contribution in [-0.4, -0.2) is 0 Å². The Morgan fingerprint density at radius 3 is 0.748 bits per heavy atom. The van der Waals surface area contributed by atoms with E-state index in [1.165, 1.54) is 196 Å². The third kappa shape index (κ3) is 10.7. The van der Waals surface area contributed by atoms with Crippen molar-refractivity contribution in [1.29, 1.82) is 0 Å². The van der Waals surface area contributed by atoms with E-state index in [9.17, 15) is 0 Å². The zero-order valence-corrected chi connectivity index (χ0v) is 71.1. The van der Waals surface area contributed by atoms with Gasteiger partial charge in [0, 0.05) is 90.7 Å². The number of rotatable bonds is 11. The van der Waals surface area contributed by atoms with Crippen molar-refractivity contribution in [3.63, 3.8) is 0 Å². The lowest BCUT2D eigenvalue weighted by atomic mass is 9.67. The van der Waals surface area contributed by atoms with Gasteiger partial charge in [0.05, 0.1) is 10.8 Å². The van der Waals surface area contributed by atoms with E-state index in [4.69, 9.17) is 0 Å². The highest BCUT2D eigenvalue weighted by Crippen LogP contribution is 2.61. The fourth-order valence-corrected chi connectivity index (χ4v) is 24.9. The minimum atomic E-state index is -0.428. The lowest BCUT2D eigenvalue weighted by molar-refractivity contribution is 0.660. The molecule has 0 spiro atoms. The van der Waals surface area contributed by atoms with E-state index in [1.54, 1.807) is 0 Å². The Morgan fingerprint density at radius 2 is 0.407 bits per heavy atom. The van der Waals surface area contributed by atoms with Gasteiger partial charge in [-0.25, -0.2) is 0 Å². The van der Waals surface area contributed by atoms with Crippen molar-refractivity contribution in [3.05, 3.63) is 490 Å². The van der Waals surface area contributed by atoms with Gasteiger partial charge in [-0.1, -0.05) is 369 Å². The summed E-state index contributed by atoms with van der Waals surface area (Å²) < 4.78 is 5.17. The van der Waals surface area contributed by atoms with E-state index in [2.05, 4.69) is 464 Å². The number of hydrogen-bond acceptors (Lipinski definition) is 4. The zero-order chi connectivity index (χ0) is 82.2. The Hall–Kier alpha value is -14.0. The number of nitrogens with zero attached hydrogens (tertiary/aromatic N) is 2. The maximum Gasteiger partial charge on any atom is 0.0714 e. The smallest absolute Gasteiger partial charge is 0.0714 e. The van der Waals surface area contributed by atoms with Crippen LogP contribution in [0, 0.1) is 0 Å². The highest BCUT2D eigenvalue weighted by atomic mass is 32.1. The first-order chi connectivity index (χ1) is 60.2. The van der Waals surface area contributed by atoms with Crippen molar-refractivity contribution in [1.82, 2.24) is 0 Å². The molecule has 0 aliphatic heterocycles. The van der Waals surface area contributed by atoms with E-state index in [-0.39, 0.29) is 16.2 Å². The third-order valence-electron chi connectivity index (χ3n) is 28.3. The van der Waals surface area contributed by atoms with Gasteiger partial charge in [-0.15, -0.1) is 22.7 Å². The summed E-state index contributed by atoms with van der Waals surface area (Å²) in [5.41, 5.74) is 40.3. The maximum atomic E-state index is 2.50. The molecule has 2 aromatic heterocycles. The summed E-state index contributed by atoms with van der Waals surface area (Å²) in [5, 5.41) is 5.18. The monoisotopic (exact) mass is 1610 g/mol. The number of hydrogen-bond donors (Lipinski definition) is 0. The average molecular weight is 1610 g/mol. The van der Waals surface area contributed by atoms with E-state index < -0.39 is 10.8 Å². The van der Waals surface area contributed by atoms with Crippen LogP contribution in [0.3, 0.4) is 0 Å². The first kappa shape index (κ1) is 73.0. The Labute approximate surface area is 727 Å². The van der Waals surface area contributed by atoms with Gasteiger partial charge in [-0.3, -0.25) is 0 Å². The fraction of sp³-hybridized carbons (Fsp3) is 0.0924. The van der Waals surface area contributed by atoms with E-state index in [0.29, 0.717) is 0 Å². The molecule has 0 saturated carbocycles. The molecule has 0 radical (unpaired) electrons. The summed E-state index contributed by atoms with van der Waals surface area (Å²) in [5.74, 6) is 0. The number of fused-ring (bicyclic) bond motifs is 21. The van der Waals surface area contributed by atoms with Gasteiger partial charge in [0.1, 0.15) is 0 Å². The second kappa shape index (κ2) is 27.5. The van der Waals surface area contributed by atoms with E-state index in [0.717, 1.165) is 22.7 Å². The van der Waals surface area contributed by atoms with Gasteiger partial charge in [0.2, 0.25) is 0 Å². The standard InChI is InChI=1S/C61H45NS.C58H41NS/c1-59(2)51-22-12-8-18-43(51)47-31-27-40(35-55(47)59)62(41-28-32-48-44-19-9-13-23-52(44)60(3,4)56(48)36-41)42-29-33-50-49-30-26-39(34-57(49)63-58(50)37-42)61(38-16-6-5-7-17-38)53-24-14-10-20-45(53)46-21-11-15-25-54(46)61;1-57(2)51-22-12-9-19-45(51)48-33-30-43(36-54(48)57)59(42-28-25-39(26-29-42)38-15-5-3-6-16-38)44-31-34-50-49-32-27-41(35-55(49)60-56(50)37-44)58(40-17-7-4-8-18-40)52-23-13-10-20-46(52)47-21-11-14-24-53(47)58/h5-37H,1-4H3;3-37H,1-2H3. The largest absolute Gasteiger partial charge is 0.310 e. The molecule has 25 rings (SSSR count). The topological polar surface area (TPSA) is 6.48 Å². The number of thiophene rings is 2. The minimum Gasteiger partial charge on any atom is -0.310 e. The Bertz CT molecular complexity index is 7530. The van der Waals surface area contributed by atoms with Gasteiger partial charge >= 0.3 is 0 Å². The molecule has 2 heterocycles. The molecular formula is C119H86N2S2. The SMILES string of the molecule is CC1(C)c2ccccc2-c2ccc(N(c3ccc(-c4ccccc4)cc3)c3ccc4c(c3)sc3cc(C5(c6ccccc6)c6ccccc6-c6ccccc65)ccc34)cc21.CC1(C)c2ccccc2-c2ccc(N(c3ccc4c(c3)C(C)(C)c3ccccc3-4)c3ccc4c(c3)sc3cc(C5(c6ccccc6)c6ccccc6-c6ccccc65)ccc34)cc21. The molecule has 0 bridgehead atoms. The van der Waals surface area contributed by atoms with Crippen LogP contribution in [0.4, 0.5) is 34.1 Å². The summed E-state index contributed by atoms with van der Waals surface area (Å²) in [6, 6.07) is 155. The molecule has 0 atom stereocenters. The van der Waals surface area contributed by atoms with Crippen LogP contribution >= 0.6 is 22.7 Å². The first-order valence-corrected chi connectivity index (χ1v) is 44.8. The fourth-order valence-electron chi connectivity index (χ4n) is 22.5. The molecule has 0 amide bonds. The highest BCUT2D eigenvalue weighted by molar-refractivity contribution is 7.26. The van der Waals surface area contributed by atoms with Crippen molar-refractivity contribution in [2.75, 3.05) is 9.80 Å². The maximum absolute atomic E-state index is 2.50. The molecule has 0 fully saturated rings. The quantitative estimate of drug-likeness (QED) is 0.127. The van der Waals surface area contributed by atoms with Crippen molar-refractivity contribution in [3.8, 4) is 66.8 Å². The molecule has 5 aliphatic rings. The molecule has 4 heteroatoms. The van der Waals surface area contributed by atoms with Crippen LogP contribution in [0.25, 0.3) is 107 Å². The van der Waals surface area contributed by atoms with Gasteiger partial charge in [0.25, 0.3) is 0 Å². The van der Waals surface area contributed by atoms with Crippen LogP contribution in [-0.2, 0) is 27.1 Å². The second-order valence-electron chi connectivity index (χ2n) is 35.7. The Balaban J connectivity index is 0.000000139. The Kier molecular flexibility index (Phi) is 16.3.